The lowest BCUT2D eigenvalue weighted by molar-refractivity contribution is 0.526. The first-order valence-corrected chi connectivity index (χ1v) is 7.24. The van der Waals surface area contributed by atoms with Crippen LogP contribution in [0.2, 0.25) is 0 Å². The molecule has 2 aromatic rings. The van der Waals surface area contributed by atoms with Crippen LogP contribution in [0.5, 0.6) is 0 Å². The van der Waals surface area contributed by atoms with Gasteiger partial charge in [-0.1, -0.05) is 12.8 Å². The second-order valence-electron chi connectivity index (χ2n) is 5.06. The zero-order chi connectivity index (χ0) is 14.4. The van der Waals surface area contributed by atoms with E-state index in [0.717, 1.165) is 42.9 Å². The third-order valence-corrected chi connectivity index (χ3v) is 3.52. The predicted octanol–water partition coefficient (Wildman–Crippen LogP) is 2.48. The molecule has 0 bridgehead atoms. The number of rotatable bonds is 7. The minimum absolute atomic E-state index is 0.788. The van der Waals surface area contributed by atoms with E-state index in [1.54, 1.807) is 18.6 Å². The van der Waals surface area contributed by atoms with Crippen LogP contribution in [-0.2, 0) is 6.54 Å². The Labute approximate surface area is 120 Å². The van der Waals surface area contributed by atoms with Crippen molar-refractivity contribution in [2.24, 2.45) is 5.73 Å². The van der Waals surface area contributed by atoms with E-state index in [0.29, 0.717) is 0 Å². The number of unbranched alkanes of at least 4 members (excludes halogenated alkanes) is 3. The molecule has 5 heteroatoms. The van der Waals surface area contributed by atoms with Crippen LogP contribution >= 0.6 is 0 Å². The highest BCUT2D eigenvalue weighted by molar-refractivity contribution is 5.63. The van der Waals surface area contributed by atoms with Crippen molar-refractivity contribution in [1.29, 1.82) is 0 Å². The van der Waals surface area contributed by atoms with Crippen molar-refractivity contribution in [2.45, 2.75) is 46.1 Å². The third-order valence-electron chi connectivity index (χ3n) is 3.52. The van der Waals surface area contributed by atoms with Gasteiger partial charge in [-0.3, -0.25) is 14.6 Å². The Kier molecular flexibility index (Phi) is 5.24. The van der Waals surface area contributed by atoms with Crippen molar-refractivity contribution in [1.82, 2.24) is 19.7 Å². The average molecular weight is 273 g/mol. The lowest BCUT2D eigenvalue weighted by Crippen LogP contribution is -2.03. The SMILES string of the molecule is Cc1nn(CCCCCCN)c(C)c1-c1cnccn1. The quantitative estimate of drug-likeness (QED) is 0.787. The molecule has 2 heterocycles. The van der Waals surface area contributed by atoms with E-state index < -0.39 is 0 Å². The molecule has 0 unspecified atom stereocenters. The minimum atomic E-state index is 0.788. The Bertz CT molecular complexity index is 533. The molecule has 2 aromatic heterocycles. The summed E-state index contributed by atoms with van der Waals surface area (Å²) in [5, 5.41) is 4.63. The number of aryl methyl sites for hydroxylation is 2. The van der Waals surface area contributed by atoms with Gasteiger partial charge >= 0.3 is 0 Å². The van der Waals surface area contributed by atoms with E-state index in [1.807, 2.05) is 6.92 Å². The van der Waals surface area contributed by atoms with E-state index in [2.05, 4.69) is 26.7 Å². The van der Waals surface area contributed by atoms with Crippen molar-refractivity contribution in [3.63, 3.8) is 0 Å². The molecule has 0 spiro atoms. The maximum Gasteiger partial charge on any atom is 0.0922 e. The van der Waals surface area contributed by atoms with Crippen LogP contribution in [0.15, 0.2) is 18.6 Å². The predicted molar refractivity (Wildman–Crippen MR) is 80.2 cm³/mol. The zero-order valence-corrected chi connectivity index (χ0v) is 12.3. The Morgan fingerprint density at radius 1 is 1.10 bits per heavy atom. The largest absolute Gasteiger partial charge is 0.330 e. The Morgan fingerprint density at radius 2 is 1.90 bits per heavy atom. The fourth-order valence-corrected chi connectivity index (χ4v) is 2.47. The molecule has 0 amide bonds. The number of nitrogens with two attached hydrogens (primary N) is 1. The summed E-state index contributed by atoms with van der Waals surface area (Å²) in [7, 11) is 0. The van der Waals surface area contributed by atoms with E-state index in [9.17, 15) is 0 Å². The Balaban J connectivity index is 2.06. The van der Waals surface area contributed by atoms with Gasteiger partial charge in [0.1, 0.15) is 0 Å². The first-order chi connectivity index (χ1) is 9.74. The van der Waals surface area contributed by atoms with Crippen molar-refractivity contribution in [3.8, 4) is 11.3 Å². The summed E-state index contributed by atoms with van der Waals surface area (Å²) < 4.78 is 2.09. The number of hydrogen-bond donors (Lipinski definition) is 1. The van der Waals surface area contributed by atoms with Gasteiger partial charge in [0.15, 0.2) is 0 Å². The van der Waals surface area contributed by atoms with Gasteiger partial charge in [0, 0.05) is 30.2 Å². The maximum absolute atomic E-state index is 5.50. The summed E-state index contributed by atoms with van der Waals surface area (Å²) in [6.45, 7) is 5.88. The van der Waals surface area contributed by atoms with Crippen molar-refractivity contribution >= 4 is 0 Å². The van der Waals surface area contributed by atoms with Gasteiger partial charge in [0.25, 0.3) is 0 Å². The maximum atomic E-state index is 5.50. The minimum Gasteiger partial charge on any atom is -0.330 e. The molecule has 20 heavy (non-hydrogen) atoms. The zero-order valence-electron chi connectivity index (χ0n) is 12.3. The standard InChI is InChI=1S/C15H23N5/c1-12-15(14-11-17-8-9-18-14)13(2)20(19-12)10-6-4-3-5-7-16/h8-9,11H,3-7,10,16H2,1-2H3. The van der Waals surface area contributed by atoms with Gasteiger partial charge in [-0.05, 0) is 33.2 Å². The molecule has 0 saturated carbocycles. The second-order valence-corrected chi connectivity index (χ2v) is 5.06. The van der Waals surface area contributed by atoms with Crippen LogP contribution < -0.4 is 5.73 Å². The lowest BCUT2D eigenvalue weighted by Gasteiger charge is -2.05. The van der Waals surface area contributed by atoms with E-state index in [4.69, 9.17) is 5.73 Å². The Morgan fingerprint density at radius 3 is 2.60 bits per heavy atom. The summed E-state index contributed by atoms with van der Waals surface area (Å²) in [5.74, 6) is 0. The molecule has 108 valence electrons. The van der Waals surface area contributed by atoms with Crippen LogP contribution in [0.1, 0.15) is 37.1 Å². The van der Waals surface area contributed by atoms with Crippen molar-refractivity contribution in [2.75, 3.05) is 6.54 Å². The van der Waals surface area contributed by atoms with Gasteiger partial charge in [0.05, 0.1) is 17.6 Å². The first kappa shape index (κ1) is 14.7. The van der Waals surface area contributed by atoms with Crippen molar-refractivity contribution < 1.29 is 0 Å². The summed E-state index contributed by atoms with van der Waals surface area (Å²) >= 11 is 0. The average Bonchev–Trinajstić information content (AvgIpc) is 2.74. The molecule has 0 saturated heterocycles. The molecule has 2 N–H and O–H groups in total. The molecule has 0 aliphatic heterocycles. The molecule has 0 aromatic carbocycles. The monoisotopic (exact) mass is 273 g/mol. The fourth-order valence-electron chi connectivity index (χ4n) is 2.47. The van der Waals surface area contributed by atoms with Crippen LogP contribution in [0.25, 0.3) is 11.3 Å². The molecule has 2 rings (SSSR count). The van der Waals surface area contributed by atoms with Crippen LogP contribution in [0, 0.1) is 13.8 Å². The van der Waals surface area contributed by atoms with E-state index >= 15 is 0 Å². The molecular weight excluding hydrogens is 250 g/mol. The number of aromatic nitrogens is 4. The third kappa shape index (κ3) is 3.42. The number of hydrogen-bond acceptors (Lipinski definition) is 4. The highest BCUT2D eigenvalue weighted by Gasteiger charge is 2.14. The molecule has 0 fully saturated rings. The molecule has 0 aliphatic carbocycles. The highest BCUT2D eigenvalue weighted by atomic mass is 15.3. The second kappa shape index (κ2) is 7.14. The van der Waals surface area contributed by atoms with E-state index in [1.165, 1.54) is 18.5 Å². The summed E-state index contributed by atoms with van der Waals surface area (Å²) in [5.41, 5.74) is 9.70. The molecular formula is C15H23N5. The Hall–Kier alpha value is -1.75. The van der Waals surface area contributed by atoms with Gasteiger partial charge in [-0.15, -0.1) is 0 Å². The van der Waals surface area contributed by atoms with E-state index in [-0.39, 0.29) is 0 Å². The normalized spacial score (nSPS) is 10.9. The molecule has 0 aliphatic rings. The smallest absolute Gasteiger partial charge is 0.0922 e. The first-order valence-electron chi connectivity index (χ1n) is 7.24. The summed E-state index contributed by atoms with van der Waals surface area (Å²) in [6.07, 6.45) is 9.86. The van der Waals surface area contributed by atoms with Crippen molar-refractivity contribution in [3.05, 3.63) is 30.0 Å². The van der Waals surface area contributed by atoms with Gasteiger partial charge in [-0.25, -0.2) is 0 Å². The van der Waals surface area contributed by atoms with Crippen LogP contribution in [0.4, 0.5) is 0 Å². The van der Waals surface area contributed by atoms with Gasteiger partial charge in [0.2, 0.25) is 0 Å². The van der Waals surface area contributed by atoms with Gasteiger partial charge < -0.3 is 5.73 Å². The van der Waals surface area contributed by atoms with Gasteiger partial charge in [-0.2, -0.15) is 5.10 Å². The number of nitrogens with zero attached hydrogens (tertiary/aromatic N) is 4. The molecule has 0 radical (unpaired) electrons. The van der Waals surface area contributed by atoms with Crippen LogP contribution in [0.3, 0.4) is 0 Å². The lowest BCUT2D eigenvalue weighted by atomic mass is 10.1. The van der Waals surface area contributed by atoms with Crippen LogP contribution in [-0.4, -0.2) is 26.3 Å². The summed E-state index contributed by atoms with van der Waals surface area (Å²) in [6, 6.07) is 0. The molecule has 5 nitrogen and oxygen atoms in total. The highest BCUT2D eigenvalue weighted by Crippen LogP contribution is 2.24. The molecule has 0 atom stereocenters. The summed E-state index contributed by atoms with van der Waals surface area (Å²) in [4.78, 5) is 8.51. The fraction of sp³-hybridized carbons (Fsp3) is 0.533. The topological polar surface area (TPSA) is 69.6 Å².